The van der Waals surface area contributed by atoms with Gasteiger partial charge in [-0.25, -0.2) is 4.98 Å². The van der Waals surface area contributed by atoms with E-state index in [1.807, 2.05) is 30.5 Å². The molecule has 104 valence electrons. The highest BCUT2D eigenvalue weighted by Gasteiger charge is 2.27. The Morgan fingerprint density at radius 1 is 0.950 bits per heavy atom. The fourth-order valence-electron chi connectivity index (χ4n) is 2.96. The number of nitrogens with zero attached hydrogens (tertiary/aromatic N) is 3. The molecule has 0 radical (unpaired) electrons. The van der Waals surface area contributed by atoms with Crippen molar-refractivity contribution in [1.82, 2.24) is 15.3 Å². The van der Waals surface area contributed by atoms with Crippen molar-refractivity contribution in [2.24, 2.45) is 0 Å². The Kier molecular flexibility index (Phi) is 3.03. The number of piperidine rings is 1. The summed E-state index contributed by atoms with van der Waals surface area (Å²) in [5.74, 6) is 1.02. The van der Waals surface area contributed by atoms with Gasteiger partial charge in [-0.2, -0.15) is 0 Å². The number of fused-ring (bicyclic) bond motifs is 1. The first kappa shape index (κ1) is 12.1. The Balaban J connectivity index is 1.46. The average Bonchev–Trinajstić information content (AvgIpc) is 3.32. The van der Waals surface area contributed by atoms with Gasteiger partial charge in [0.2, 0.25) is 0 Å². The molecule has 4 nitrogen and oxygen atoms in total. The smallest absolute Gasteiger partial charge is 0.147 e. The van der Waals surface area contributed by atoms with E-state index in [1.54, 1.807) is 0 Å². The van der Waals surface area contributed by atoms with Gasteiger partial charge in [-0.3, -0.25) is 4.98 Å². The molecule has 20 heavy (non-hydrogen) atoms. The summed E-state index contributed by atoms with van der Waals surface area (Å²) in [5.41, 5.74) is 1.96. The lowest BCUT2D eigenvalue weighted by atomic mass is 10.1. The molecule has 0 bridgehead atoms. The van der Waals surface area contributed by atoms with E-state index in [9.17, 15) is 0 Å². The Bertz CT molecular complexity index is 600. The fraction of sp³-hybridized carbons (Fsp3) is 0.500. The molecular weight excluding hydrogens is 248 g/mol. The van der Waals surface area contributed by atoms with Crippen molar-refractivity contribution >= 4 is 16.9 Å². The number of nitrogens with one attached hydrogen (secondary N) is 1. The van der Waals surface area contributed by atoms with Gasteiger partial charge in [0.15, 0.2) is 0 Å². The second-order valence-corrected chi connectivity index (χ2v) is 5.92. The van der Waals surface area contributed by atoms with Crippen LogP contribution in [0.15, 0.2) is 30.5 Å². The average molecular weight is 268 g/mol. The Morgan fingerprint density at radius 2 is 1.65 bits per heavy atom. The first-order chi connectivity index (χ1) is 9.88. The van der Waals surface area contributed by atoms with Crippen LogP contribution in [0.1, 0.15) is 25.7 Å². The molecule has 1 aromatic carbocycles. The largest absolute Gasteiger partial charge is 0.355 e. The summed E-state index contributed by atoms with van der Waals surface area (Å²) < 4.78 is 0. The summed E-state index contributed by atoms with van der Waals surface area (Å²) in [6, 6.07) is 9.59. The molecular formula is C16H20N4. The van der Waals surface area contributed by atoms with Gasteiger partial charge < -0.3 is 10.2 Å². The van der Waals surface area contributed by atoms with E-state index >= 15 is 0 Å². The highest BCUT2D eigenvalue weighted by atomic mass is 15.2. The van der Waals surface area contributed by atoms with Gasteiger partial charge in [0.05, 0.1) is 17.2 Å². The van der Waals surface area contributed by atoms with Crippen LogP contribution in [0, 0.1) is 0 Å². The molecule has 2 aliphatic rings. The molecule has 1 aliphatic heterocycles. The van der Waals surface area contributed by atoms with E-state index in [-0.39, 0.29) is 0 Å². The number of benzene rings is 1. The molecule has 1 N–H and O–H groups in total. The van der Waals surface area contributed by atoms with E-state index in [0.717, 1.165) is 36.0 Å². The highest BCUT2D eigenvalue weighted by Crippen LogP contribution is 2.24. The molecule has 0 amide bonds. The topological polar surface area (TPSA) is 41.1 Å². The summed E-state index contributed by atoms with van der Waals surface area (Å²) >= 11 is 0. The summed E-state index contributed by atoms with van der Waals surface area (Å²) in [7, 11) is 0. The number of aromatic nitrogens is 2. The molecule has 2 aromatic rings. The van der Waals surface area contributed by atoms with Crippen LogP contribution >= 0.6 is 0 Å². The van der Waals surface area contributed by atoms with Crippen molar-refractivity contribution in [2.45, 2.75) is 37.8 Å². The van der Waals surface area contributed by atoms with E-state index in [4.69, 9.17) is 4.98 Å². The number of hydrogen-bond acceptors (Lipinski definition) is 4. The van der Waals surface area contributed by atoms with Crippen LogP contribution in [0.5, 0.6) is 0 Å². The predicted molar refractivity (Wildman–Crippen MR) is 80.9 cm³/mol. The zero-order valence-electron chi connectivity index (χ0n) is 11.6. The second-order valence-electron chi connectivity index (χ2n) is 5.92. The number of anilines is 1. The zero-order valence-corrected chi connectivity index (χ0v) is 11.6. The minimum atomic E-state index is 0.701. The number of para-hydroxylation sites is 2. The molecule has 1 aliphatic carbocycles. The van der Waals surface area contributed by atoms with Crippen LogP contribution in [-0.2, 0) is 0 Å². The van der Waals surface area contributed by atoms with E-state index < -0.39 is 0 Å². The van der Waals surface area contributed by atoms with Gasteiger partial charge >= 0.3 is 0 Å². The molecule has 4 heteroatoms. The molecule has 0 spiro atoms. The van der Waals surface area contributed by atoms with E-state index in [0.29, 0.717) is 6.04 Å². The van der Waals surface area contributed by atoms with Crippen LogP contribution in [-0.4, -0.2) is 35.1 Å². The van der Waals surface area contributed by atoms with Crippen molar-refractivity contribution in [3.63, 3.8) is 0 Å². The Hall–Kier alpha value is -1.68. The lowest BCUT2D eigenvalue weighted by Crippen LogP contribution is -2.43. The molecule has 1 aromatic heterocycles. The maximum Gasteiger partial charge on any atom is 0.147 e. The van der Waals surface area contributed by atoms with Crippen molar-refractivity contribution in [3.8, 4) is 0 Å². The van der Waals surface area contributed by atoms with Gasteiger partial charge in [-0.15, -0.1) is 0 Å². The van der Waals surface area contributed by atoms with Crippen LogP contribution in [0.4, 0.5) is 5.82 Å². The van der Waals surface area contributed by atoms with Crippen LogP contribution in [0.2, 0.25) is 0 Å². The van der Waals surface area contributed by atoms with Crippen LogP contribution < -0.4 is 10.2 Å². The van der Waals surface area contributed by atoms with Crippen molar-refractivity contribution in [2.75, 3.05) is 18.0 Å². The number of rotatable bonds is 3. The van der Waals surface area contributed by atoms with Crippen LogP contribution in [0.3, 0.4) is 0 Å². The predicted octanol–water partition coefficient (Wildman–Crippen LogP) is 2.35. The first-order valence-corrected chi connectivity index (χ1v) is 7.61. The van der Waals surface area contributed by atoms with Crippen molar-refractivity contribution in [3.05, 3.63) is 30.5 Å². The lowest BCUT2D eigenvalue weighted by molar-refractivity contribution is 0.411. The van der Waals surface area contributed by atoms with Crippen molar-refractivity contribution in [1.29, 1.82) is 0 Å². The highest BCUT2D eigenvalue weighted by molar-refractivity contribution is 5.75. The van der Waals surface area contributed by atoms with Gasteiger partial charge in [0.25, 0.3) is 0 Å². The standard InChI is InChI=1S/C16H20N4/c1-2-4-15-14(3-1)17-11-16(19-15)20-9-7-13(8-10-20)18-12-5-6-12/h1-4,11-13,18H,5-10H2. The Labute approximate surface area is 119 Å². The normalized spacial score (nSPS) is 20.5. The quantitative estimate of drug-likeness (QED) is 0.927. The first-order valence-electron chi connectivity index (χ1n) is 7.61. The number of hydrogen-bond donors (Lipinski definition) is 1. The maximum atomic E-state index is 4.74. The maximum absolute atomic E-state index is 4.74. The molecule has 2 heterocycles. The Morgan fingerprint density at radius 3 is 2.40 bits per heavy atom. The summed E-state index contributed by atoms with van der Waals surface area (Å²) in [4.78, 5) is 11.6. The molecule has 4 rings (SSSR count). The summed E-state index contributed by atoms with van der Waals surface area (Å²) in [5, 5.41) is 3.73. The van der Waals surface area contributed by atoms with Crippen molar-refractivity contribution < 1.29 is 0 Å². The van der Waals surface area contributed by atoms with E-state index in [2.05, 4.69) is 15.2 Å². The third-order valence-electron chi connectivity index (χ3n) is 4.30. The van der Waals surface area contributed by atoms with Gasteiger partial charge in [0.1, 0.15) is 5.82 Å². The van der Waals surface area contributed by atoms with Gasteiger partial charge in [-0.05, 0) is 37.8 Å². The fourth-order valence-corrected chi connectivity index (χ4v) is 2.96. The minimum absolute atomic E-state index is 0.701. The third kappa shape index (κ3) is 2.48. The van der Waals surface area contributed by atoms with Gasteiger partial charge in [-0.1, -0.05) is 12.1 Å². The minimum Gasteiger partial charge on any atom is -0.355 e. The molecule has 1 saturated carbocycles. The summed E-state index contributed by atoms with van der Waals surface area (Å²) in [6.07, 6.45) is 7.08. The molecule has 0 unspecified atom stereocenters. The third-order valence-corrected chi connectivity index (χ3v) is 4.30. The molecule has 1 saturated heterocycles. The summed E-state index contributed by atoms with van der Waals surface area (Å²) in [6.45, 7) is 2.16. The monoisotopic (exact) mass is 268 g/mol. The molecule has 2 fully saturated rings. The molecule has 0 atom stereocenters. The lowest BCUT2D eigenvalue weighted by Gasteiger charge is -2.33. The second kappa shape index (κ2) is 5.02. The zero-order chi connectivity index (χ0) is 13.4. The van der Waals surface area contributed by atoms with Crippen LogP contribution in [0.25, 0.3) is 11.0 Å². The van der Waals surface area contributed by atoms with Gasteiger partial charge in [0, 0.05) is 25.2 Å². The van der Waals surface area contributed by atoms with E-state index in [1.165, 1.54) is 25.7 Å². The SMILES string of the molecule is c1ccc2nc(N3CCC(NC4CC4)CC3)cnc2c1.